The molecular weight excluding hydrogens is 176 g/mol. The fraction of sp³-hybridized carbons (Fsp3) is 1.00. The summed E-state index contributed by atoms with van der Waals surface area (Å²) in [6.07, 6.45) is 0. The molecule has 0 amide bonds. The molecule has 0 aromatic rings. The Balaban J connectivity index is 2.32. The third-order valence-corrected chi connectivity index (χ3v) is 2.99. The van der Waals surface area contributed by atoms with E-state index in [2.05, 4.69) is 37.5 Å². The van der Waals surface area contributed by atoms with Crippen LogP contribution < -0.4 is 0 Å². The monoisotopic (exact) mass is 200 g/mol. The largest absolute Gasteiger partial charge is 0.366 e. The molecule has 0 aliphatic carbocycles. The van der Waals surface area contributed by atoms with E-state index >= 15 is 0 Å². The van der Waals surface area contributed by atoms with E-state index in [1.54, 1.807) is 0 Å². The summed E-state index contributed by atoms with van der Waals surface area (Å²) in [5.41, 5.74) is 0. The van der Waals surface area contributed by atoms with Crippen LogP contribution in [-0.2, 0) is 4.74 Å². The van der Waals surface area contributed by atoms with Crippen LogP contribution in [0, 0.1) is 0 Å². The van der Waals surface area contributed by atoms with E-state index in [0.717, 1.165) is 19.9 Å². The Morgan fingerprint density at radius 2 is 2.07 bits per heavy atom. The molecule has 3 heteroatoms. The first kappa shape index (κ1) is 12.0. The van der Waals surface area contributed by atoms with E-state index in [1.807, 2.05) is 0 Å². The van der Waals surface area contributed by atoms with Gasteiger partial charge in [0.2, 0.25) is 0 Å². The summed E-state index contributed by atoms with van der Waals surface area (Å²) in [5, 5.41) is 0. The van der Waals surface area contributed by atoms with Gasteiger partial charge in [-0.25, -0.2) is 0 Å². The van der Waals surface area contributed by atoms with Crippen molar-refractivity contribution in [1.82, 2.24) is 9.80 Å². The molecule has 1 rings (SSSR count). The lowest BCUT2D eigenvalue weighted by atomic mass is 10.1. The second kappa shape index (κ2) is 5.69. The molecule has 0 radical (unpaired) electrons. The van der Waals surface area contributed by atoms with Crippen LogP contribution >= 0.6 is 0 Å². The lowest BCUT2D eigenvalue weighted by Crippen LogP contribution is -2.54. The van der Waals surface area contributed by atoms with Crippen LogP contribution in [0.3, 0.4) is 0 Å². The maximum atomic E-state index is 5.45. The molecular formula is C11H24N2O. The molecule has 1 saturated heterocycles. The van der Waals surface area contributed by atoms with Gasteiger partial charge in [0, 0.05) is 38.3 Å². The normalized spacial score (nSPS) is 25.9. The van der Waals surface area contributed by atoms with Gasteiger partial charge in [0.05, 0.1) is 6.73 Å². The smallest absolute Gasteiger partial charge is 0.0993 e. The number of hydrogen-bond acceptors (Lipinski definition) is 3. The van der Waals surface area contributed by atoms with Crippen molar-refractivity contribution in [2.75, 3.05) is 33.0 Å². The summed E-state index contributed by atoms with van der Waals surface area (Å²) >= 11 is 0. The van der Waals surface area contributed by atoms with Crippen molar-refractivity contribution in [1.29, 1.82) is 0 Å². The predicted molar refractivity (Wildman–Crippen MR) is 59.4 cm³/mol. The third-order valence-electron chi connectivity index (χ3n) is 2.99. The predicted octanol–water partition coefficient (Wildman–Crippen LogP) is 1.39. The van der Waals surface area contributed by atoms with Crippen LogP contribution in [0.2, 0.25) is 0 Å². The van der Waals surface area contributed by atoms with Crippen molar-refractivity contribution in [2.24, 2.45) is 0 Å². The molecule has 3 nitrogen and oxygen atoms in total. The van der Waals surface area contributed by atoms with Gasteiger partial charge in [-0.2, -0.15) is 0 Å². The molecule has 84 valence electrons. The first-order valence-corrected chi connectivity index (χ1v) is 5.71. The SMILES string of the molecule is CCOCN1CCN(C(C)C)CC1C. The summed E-state index contributed by atoms with van der Waals surface area (Å²) < 4.78 is 5.45. The summed E-state index contributed by atoms with van der Waals surface area (Å²) in [4.78, 5) is 4.95. The molecule has 0 aromatic carbocycles. The van der Waals surface area contributed by atoms with Gasteiger partial charge in [-0.1, -0.05) is 0 Å². The van der Waals surface area contributed by atoms with Crippen molar-refractivity contribution in [3.63, 3.8) is 0 Å². The molecule has 14 heavy (non-hydrogen) atoms. The van der Waals surface area contributed by atoms with Crippen LogP contribution in [0.5, 0.6) is 0 Å². The quantitative estimate of drug-likeness (QED) is 0.682. The fourth-order valence-corrected chi connectivity index (χ4v) is 1.89. The molecule has 0 N–H and O–H groups in total. The molecule has 1 heterocycles. The molecule has 0 spiro atoms. The van der Waals surface area contributed by atoms with Crippen LogP contribution in [-0.4, -0.2) is 54.9 Å². The van der Waals surface area contributed by atoms with Crippen molar-refractivity contribution in [2.45, 2.75) is 39.8 Å². The molecule has 1 unspecified atom stereocenters. The van der Waals surface area contributed by atoms with Gasteiger partial charge in [0.15, 0.2) is 0 Å². The first-order valence-electron chi connectivity index (χ1n) is 5.71. The van der Waals surface area contributed by atoms with Crippen LogP contribution in [0.15, 0.2) is 0 Å². The molecule has 0 bridgehead atoms. The minimum absolute atomic E-state index is 0.623. The summed E-state index contributed by atoms with van der Waals surface area (Å²) in [6, 6.07) is 1.30. The number of hydrogen-bond donors (Lipinski definition) is 0. The summed E-state index contributed by atoms with van der Waals surface area (Å²) in [6.45, 7) is 14.0. The van der Waals surface area contributed by atoms with Gasteiger partial charge in [0.1, 0.15) is 0 Å². The maximum Gasteiger partial charge on any atom is 0.0993 e. The van der Waals surface area contributed by atoms with E-state index < -0.39 is 0 Å². The van der Waals surface area contributed by atoms with E-state index in [4.69, 9.17) is 4.74 Å². The van der Waals surface area contributed by atoms with Gasteiger partial charge < -0.3 is 4.74 Å². The highest BCUT2D eigenvalue weighted by Crippen LogP contribution is 2.11. The number of nitrogens with zero attached hydrogens (tertiary/aromatic N) is 2. The minimum atomic E-state index is 0.623. The Kier molecular flexibility index (Phi) is 4.85. The summed E-state index contributed by atoms with van der Waals surface area (Å²) in [5.74, 6) is 0. The zero-order valence-electron chi connectivity index (χ0n) is 9.99. The highest BCUT2D eigenvalue weighted by Gasteiger charge is 2.24. The Hall–Kier alpha value is -0.120. The molecule has 0 saturated carbocycles. The topological polar surface area (TPSA) is 15.7 Å². The minimum Gasteiger partial charge on any atom is -0.366 e. The average molecular weight is 200 g/mol. The number of ether oxygens (including phenoxy) is 1. The Labute approximate surface area is 88.0 Å². The Bertz CT molecular complexity index is 161. The molecule has 1 aliphatic rings. The van der Waals surface area contributed by atoms with Crippen molar-refractivity contribution < 1.29 is 4.74 Å². The maximum absolute atomic E-state index is 5.45. The Morgan fingerprint density at radius 3 is 2.57 bits per heavy atom. The Morgan fingerprint density at radius 1 is 1.36 bits per heavy atom. The molecule has 1 aliphatic heterocycles. The third kappa shape index (κ3) is 3.23. The zero-order valence-corrected chi connectivity index (χ0v) is 9.99. The second-order valence-electron chi connectivity index (χ2n) is 4.37. The van der Waals surface area contributed by atoms with Crippen molar-refractivity contribution in [3.8, 4) is 0 Å². The van der Waals surface area contributed by atoms with Gasteiger partial charge in [-0.15, -0.1) is 0 Å². The van der Waals surface area contributed by atoms with Gasteiger partial charge >= 0.3 is 0 Å². The summed E-state index contributed by atoms with van der Waals surface area (Å²) in [7, 11) is 0. The average Bonchev–Trinajstić information content (AvgIpc) is 2.15. The van der Waals surface area contributed by atoms with E-state index in [1.165, 1.54) is 13.1 Å². The van der Waals surface area contributed by atoms with E-state index in [0.29, 0.717) is 12.1 Å². The molecule has 0 aromatic heterocycles. The fourth-order valence-electron chi connectivity index (χ4n) is 1.89. The first-order chi connectivity index (χ1) is 6.65. The van der Waals surface area contributed by atoms with E-state index in [9.17, 15) is 0 Å². The molecule has 1 atom stereocenters. The lowest BCUT2D eigenvalue weighted by Gasteiger charge is -2.41. The van der Waals surface area contributed by atoms with Crippen molar-refractivity contribution >= 4 is 0 Å². The lowest BCUT2D eigenvalue weighted by molar-refractivity contribution is -0.0263. The zero-order chi connectivity index (χ0) is 10.6. The highest BCUT2D eigenvalue weighted by molar-refractivity contribution is 4.79. The van der Waals surface area contributed by atoms with E-state index in [-0.39, 0.29) is 0 Å². The van der Waals surface area contributed by atoms with Gasteiger partial charge in [-0.3, -0.25) is 9.80 Å². The standard InChI is InChI=1S/C11H24N2O/c1-5-14-9-13-7-6-12(10(2)3)8-11(13)4/h10-11H,5-9H2,1-4H3. The van der Waals surface area contributed by atoms with Gasteiger partial charge in [-0.05, 0) is 27.7 Å². The van der Waals surface area contributed by atoms with Gasteiger partial charge in [0.25, 0.3) is 0 Å². The molecule has 1 fully saturated rings. The number of piperazine rings is 1. The number of rotatable bonds is 4. The van der Waals surface area contributed by atoms with Crippen molar-refractivity contribution in [3.05, 3.63) is 0 Å². The van der Waals surface area contributed by atoms with Crippen LogP contribution in [0.25, 0.3) is 0 Å². The second-order valence-corrected chi connectivity index (χ2v) is 4.37. The van der Waals surface area contributed by atoms with Crippen LogP contribution in [0.4, 0.5) is 0 Å². The van der Waals surface area contributed by atoms with Crippen LogP contribution in [0.1, 0.15) is 27.7 Å². The highest BCUT2D eigenvalue weighted by atomic mass is 16.5.